The predicted molar refractivity (Wildman–Crippen MR) is 8.54 cm³/mol. The van der Waals surface area contributed by atoms with Crippen LogP contribution in [0.5, 0.6) is 0 Å². The second kappa shape index (κ2) is 16.6. The minimum atomic E-state index is 0. The van der Waals surface area contributed by atoms with E-state index < -0.39 is 0 Å². The molecular formula is H2AgCaCuFe. The van der Waals surface area contributed by atoms with Crippen molar-refractivity contribution >= 4 is 37.7 Å². The molecule has 0 rings (SSSR count). The smallest absolute Gasteiger partial charge is 0 e. The summed E-state index contributed by atoms with van der Waals surface area (Å²) in [7, 11) is 0. The second-order valence-corrected chi connectivity index (χ2v) is 0. The van der Waals surface area contributed by atoms with Gasteiger partial charge in [0.1, 0.15) is 0 Å². The molecule has 0 amide bonds. The van der Waals surface area contributed by atoms with Crippen molar-refractivity contribution < 1.29 is 56.5 Å². The Balaban J connectivity index is 0. The van der Waals surface area contributed by atoms with Gasteiger partial charge >= 0.3 is 37.7 Å². The van der Waals surface area contributed by atoms with Gasteiger partial charge in [-0.05, 0) is 0 Å². The van der Waals surface area contributed by atoms with Crippen LogP contribution in [-0.2, 0) is 56.5 Å². The molecule has 0 aromatic rings. The third-order valence-corrected chi connectivity index (χ3v) is 0. The summed E-state index contributed by atoms with van der Waals surface area (Å²) >= 11 is 0. The SMILES string of the molecule is [Ag].[CaH2].[Cu].[Fe]. The summed E-state index contributed by atoms with van der Waals surface area (Å²) in [4.78, 5) is 0. The maximum Gasteiger partial charge on any atom is 0 e. The van der Waals surface area contributed by atoms with Crippen molar-refractivity contribution in [3.63, 3.8) is 0 Å². The molecule has 0 saturated heterocycles. The van der Waals surface area contributed by atoms with Crippen LogP contribution in [0.15, 0.2) is 0 Å². The van der Waals surface area contributed by atoms with E-state index >= 15 is 0 Å². The van der Waals surface area contributed by atoms with E-state index in [4.69, 9.17) is 0 Å². The summed E-state index contributed by atoms with van der Waals surface area (Å²) in [6.07, 6.45) is 0. The molecule has 0 nitrogen and oxygen atoms in total. The quantitative estimate of drug-likeness (QED) is 0.499. The van der Waals surface area contributed by atoms with Gasteiger partial charge in [0.25, 0.3) is 0 Å². The van der Waals surface area contributed by atoms with Crippen LogP contribution >= 0.6 is 0 Å². The molecule has 0 aliphatic heterocycles. The second-order valence-electron chi connectivity index (χ2n) is 0. The number of hydrogen-bond acceptors (Lipinski definition) is 0. The van der Waals surface area contributed by atoms with E-state index in [9.17, 15) is 0 Å². The van der Waals surface area contributed by atoms with Gasteiger partial charge in [-0.1, -0.05) is 0 Å². The molecule has 0 saturated carbocycles. The van der Waals surface area contributed by atoms with Crippen LogP contribution in [0.4, 0.5) is 0 Å². The fourth-order valence-electron chi connectivity index (χ4n) is 0. The van der Waals surface area contributed by atoms with Crippen molar-refractivity contribution in [2.45, 2.75) is 0 Å². The molecule has 4 heavy (non-hydrogen) atoms. The van der Waals surface area contributed by atoms with Crippen LogP contribution in [0.25, 0.3) is 0 Å². The minimum absolute atomic E-state index is 0. The molecule has 4 heteroatoms. The molecular weight excluding hydrogens is 267 g/mol. The van der Waals surface area contributed by atoms with Crippen molar-refractivity contribution in [2.24, 2.45) is 0 Å². The Hall–Kier alpha value is 3.04. The van der Waals surface area contributed by atoms with Crippen LogP contribution in [-0.4, -0.2) is 37.7 Å². The summed E-state index contributed by atoms with van der Waals surface area (Å²) in [6.45, 7) is 0. The van der Waals surface area contributed by atoms with E-state index in [1.165, 1.54) is 0 Å². The van der Waals surface area contributed by atoms with Gasteiger partial charge in [0, 0.05) is 56.5 Å². The van der Waals surface area contributed by atoms with Gasteiger partial charge in [-0.15, -0.1) is 0 Å². The summed E-state index contributed by atoms with van der Waals surface area (Å²) in [6, 6.07) is 0. The van der Waals surface area contributed by atoms with Crippen molar-refractivity contribution in [3.8, 4) is 0 Å². The van der Waals surface area contributed by atoms with E-state index in [2.05, 4.69) is 0 Å². The molecule has 0 aromatic carbocycles. The van der Waals surface area contributed by atoms with Gasteiger partial charge in [0.2, 0.25) is 0 Å². The molecule has 0 aromatic heterocycles. The molecule has 34 valence electrons. The Labute approximate surface area is 92.3 Å². The zero-order valence-corrected chi connectivity index (χ0v) is 4.48. The van der Waals surface area contributed by atoms with E-state index in [-0.39, 0.29) is 94.3 Å². The normalized spacial score (nSPS) is 0. The molecule has 0 N–H and O–H groups in total. The fourth-order valence-corrected chi connectivity index (χ4v) is 0. The first-order valence-electron chi connectivity index (χ1n) is 0. The maximum atomic E-state index is 0. The Kier molecular flexibility index (Phi) is 115. The third kappa shape index (κ3) is 8.90. The first-order valence-corrected chi connectivity index (χ1v) is 0. The minimum Gasteiger partial charge on any atom is 0 e. The van der Waals surface area contributed by atoms with Crippen molar-refractivity contribution in [1.82, 2.24) is 0 Å². The van der Waals surface area contributed by atoms with Gasteiger partial charge in [0.05, 0.1) is 0 Å². The van der Waals surface area contributed by atoms with Gasteiger partial charge in [-0.3, -0.25) is 0 Å². The van der Waals surface area contributed by atoms with Gasteiger partial charge in [0.15, 0.2) is 0 Å². The van der Waals surface area contributed by atoms with E-state index in [1.807, 2.05) is 0 Å². The summed E-state index contributed by atoms with van der Waals surface area (Å²) in [5.74, 6) is 0. The largest absolute Gasteiger partial charge is 0 e. The number of rotatable bonds is 0. The average molecular weight is 269 g/mol. The van der Waals surface area contributed by atoms with E-state index in [1.54, 1.807) is 0 Å². The Morgan fingerprint density at radius 1 is 1.00 bits per heavy atom. The average Bonchev–Trinajstić information content (AvgIpc) is 0. The Bertz CT molecular complexity index is 8.00. The maximum absolute atomic E-state index is 0. The first kappa shape index (κ1) is 27.8. The zero-order chi connectivity index (χ0) is 0. The Morgan fingerprint density at radius 2 is 1.00 bits per heavy atom. The predicted octanol–water partition coefficient (Wildman–Crippen LogP) is -0.924. The van der Waals surface area contributed by atoms with Gasteiger partial charge < -0.3 is 0 Å². The zero-order valence-electron chi connectivity index (χ0n) is 0.957. The van der Waals surface area contributed by atoms with Crippen molar-refractivity contribution in [2.75, 3.05) is 0 Å². The fraction of sp³-hybridized carbons (Fsp3) is 0. The molecule has 0 atom stereocenters. The van der Waals surface area contributed by atoms with Crippen LogP contribution in [0.1, 0.15) is 0 Å². The van der Waals surface area contributed by atoms with Crippen LogP contribution in [0.3, 0.4) is 0 Å². The van der Waals surface area contributed by atoms with Crippen LogP contribution < -0.4 is 0 Å². The number of hydrogen-bond donors (Lipinski definition) is 0. The van der Waals surface area contributed by atoms with Crippen LogP contribution in [0.2, 0.25) is 0 Å². The molecule has 0 heterocycles. The third-order valence-electron chi connectivity index (χ3n) is 0. The van der Waals surface area contributed by atoms with E-state index in [0.717, 1.165) is 0 Å². The van der Waals surface area contributed by atoms with Gasteiger partial charge in [-0.25, -0.2) is 0 Å². The standard InChI is InChI=1S/Ag.Ca.Cu.Fe.2H. The van der Waals surface area contributed by atoms with Crippen molar-refractivity contribution in [3.05, 3.63) is 0 Å². The summed E-state index contributed by atoms with van der Waals surface area (Å²) < 4.78 is 0. The first-order chi connectivity index (χ1) is 0. The molecule has 2 radical (unpaired) electrons. The Morgan fingerprint density at radius 3 is 1.00 bits per heavy atom. The molecule has 0 unspecified atom stereocenters. The molecule has 0 fully saturated rings. The van der Waals surface area contributed by atoms with E-state index in [0.29, 0.717) is 0 Å². The topological polar surface area (TPSA) is 0 Å². The van der Waals surface area contributed by atoms with Crippen molar-refractivity contribution in [1.29, 1.82) is 0 Å². The monoisotopic (exact) mass is 268 g/mol. The summed E-state index contributed by atoms with van der Waals surface area (Å²) in [5.41, 5.74) is 0. The molecule has 0 aliphatic rings. The summed E-state index contributed by atoms with van der Waals surface area (Å²) in [5, 5.41) is 0. The van der Waals surface area contributed by atoms with Crippen LogP contribution in [0, 0.1) is 0 Å². The molecule has 0 bridgehead atoms. The molecule has 0 spiro atoms. The molecule has 0 aliphatic carbocycles. The van der Waals surface area contributed by atoms with Gasteiger partial charge in [-0.2, -0.15) is 0 Å².